The van der Waals surface area contributed by atoms with Crippen molar-refractivity contribution in [3.63, 3.8) is 0 Å². The Hall–Kier alpha value is -0.960. The van der Waals surface area contributed by atoms with Crippen molar-refractivity contribution in [2.24, 2.45) is 0 Å². The molecule has 0 aliphatic carbocycles. The minimum absolute atomic E-state index is 1.82. The topological polar surface area (TPSA) is 0 Å². The first-order chi connectivity index (χ1) is 3.91. The van der Waals surface area contributed by atoms with Crippen LogP contribution in [0.4, 0.5) is 0 Å². The van der Waals surface area contributed by atoms with Crippen LogP contribution in [0, 0.1) is 11.8 Å². The van der Waals surface area contributed by atoms with Gasteiger partial charge in [0.05, 0.1) is 0 Å². The number of allylic oxidation sites excluding steroid dienone is 4. The molecule has 0 spiro atoms. The van der Waals surface area contributed by atoms with Crippen LogP contribution in [0.5, 0.6) is 0 Å². The fourth-order valence-corrected chi connectivity index (χ4v) is 0.263. The van der Waals surface area contributed by atoms with E-state index in [1.54, 1.807) is 0 Å². The van der Waals surface area contributed by atoms with E-state index in [2.05, 4.69) is 11.8 Å². The molecule has 0 aliphatic rings. The van der Waals surface area contributed by atoms with Gasteiger partial charge in [0.15, 0.2) is 0 Å². The van der Waals surface area contributed by atoms with Gasteiger partial charge in [-0.05, 0) is 26.0 Å². The molecule has 0 aromatic rings. The summed E-state index contributed by atoms with van der Waals surface area (Å²) < 4.78 is 0. The van der Waals surface area contributed by atoms with E-state index in [4.69, 9.17) is 0 Å². The normalized spacial score (nSPS) is 9.75. The number of hydrogen-bond donors (Lipinski definition) is 0. The summed E-state index contributed by atoms with van der Waals surface area (Å²) in [5.41, 5.74) is 0. The van der Waals surface area contributed by atoms with Crippen LogP contribution in [-0.2, 0) is 0 Å². The Morgan fingerprint density at radius 1 is 0.875 bits per heavy atom. The van der Waals surface area contributed by atoms with Gasteiger partial charge >= 0.3 is 0 Å². The summed E-state index contributed by atoms with van der Waals surface area (Å²) in [6, 6.07) is 0. The third-order valence-corrected chi connectivity index (χ3v) is 0.583. The molecule has 0 saturated heterocycles. The lowest BCUT2D eigenvalue weighted by atomic mass is 10.5. The van der Waals surface area contributed by atoms with Crippen LogP contribution in [0.1, 0.15) is 13.8 Å². The van der Waals surface area contributed by atoms with Crippen molar-refractivity contribution in [1.29, 1.82) is 0 Å². The monoisotopic (exact) mass is 106 g/mol. The van der Waals surface area contributed by atoms with Crippen molar-refractivity contribution in [3.05, 3.63) is 24.3 Å². The Balaban J connectivity index is 3.51. The maximum atomic E-state index is 2.82. The van der Waals surface area contributed by atoms with Gasteiger partial charge < -0.3 is 0 Å². The largest absolute Gasteiger partial charge is 0.0793 e. The molecule has 42 valence electrons. The van der Waals surface area contributed by atoms with E-state index in [0.717, 1.165) is 0 Å². The average molecular weight is 106 g/mol. The lowest BCUT2D eigenvalue weighted by Gasteiger charge is -1.61. The Morgan fingerprint density at radius 2 is 1.25 bits per heavy atom. The van der Waals surface area contributed by atoms with Gasteiger partial charge in [0, 0.05) is 0 Å². The van der Waals surface area contributed by atoms with E-state index in [0.29, 0.717) is 0 Å². The molecular weight excluding hydrogens is 96.1 g/mol. The SMILES string of the molecule is C/C=C\C#C/C=C/C. The predicted molar refractivity (Wildman–Crippen MR) is 37.4 cm³/mol. The first-order valence-electron chi connectivity index (χ1n) is 2.65. The van der Waals surface area contributed by atoms with Crippen molar-refractivity contribution in [2.75, 3.05) is 0 Å². The van der Waals surface area contributed by atoms with Crippen LogP contribution in [0.25, 0.3) is 0 Å². The fourth-order valence-electron chi connectivity index (χ4n) is 0.263. The number of hydrogen-bond acceptors (Lipinski definition) is 0. The van der Waals surface area contributed by atoms with Crippen LogP contribution >= 0.6 is 0 Å². The predicted octanol–water partition coefficient (Wildman–Crippen LogP) is 2.14. The highest BCUT2D eigenvalue weighted by atomic mass is 13.6. The van der Waals surface area contributed by atoms with Gasteiger partial charge in [-0.3, -0.25) is 0 Å². The molecule has 0 aliphatic heterocycles. The van der Waals surface area contributed by atoms with Gasteiger partial charge in [-0.2, -0.15) is 0 Å². The molecule has 0 aromatic carbocycles. The Morgan fingerprint density at radius 3 is 1.50 bits per heavy atom. The summed E-state index contributed by atoms with van der Waals surface area (Å²) in [6.07, 6.45) is 7.47. The first-order valence-corrected chi connectivity index (χ1v) is 2.65. The molecular formula is C8H10. The van der Waals surface area contributed by atoms with Crippen LogP contribution in [0.3, 0.4) is 0 Å². The molecule has 0 aromatic heterocycles. The van der Waals surface area contributed by atoms with E-state index in [1.807, 2.05) is 38.2 Å². The maximum absolute atomic E-state index is 2.82. The molecule has 0 heterocycles. The van der Waals surface area contributed by atoms with E-state index in [1.165, 1.54) is 0 Å². The molecule has 0 rings (SSSR count). The van der Waals surface area contributed by atoms with E-state index >= 15 is 0 Å². The standard InChI is InChI=1S/C8H10/c1-3-5-7-8-6-4-2/h3-6H,1-2H3/b5-3-,6-4+. The lowest BCUT2D eigenvalue weighted by Crippen LogP contribution is -1.47. The average Bonchev–Trinajstić information content (AvgIpc) is 1.81. The zero-order valence-electron chi connectivity index (χ0n) is 5.31. The summed E-state index contributed by atoms with van der Waals surface area (Å²) in [5.74, 6) is 5.64. The maximum Gasteiger partial charge on any atom is -0.0158 e. The summed E-state index contributed by atoms with van der Waals surface area (Å²) in [6.45, 7) is 3.90. The van der Waals surface area contributed by atoms with Gasteiger partial charge in [0.25, 0.3) is 0 Å². The Bertz CT molecular complexity index is 123. The highest BCUT2D eigenvalue weighted by Gasteiger charge is 1.51. The second kappa shape index (κ2) is 6.04. The molecule has 0 N–H and O–H groups in total. The first kappa shape index (κ1) is 7.04. The third-order valence-electron chi connectivity index (χ3n) is 0.583. The molecule has 0 nitrogen and oxygen atoms in total. The lowest BCUT2D eigenvalue weighted by molar-refractivity contribution is 1.75. The molecule has 0 radical (unpaired) electrons. The smallest absolute Gasteiger partial charge is 0.0158 e. The summed E-state index contributed by atoms with van der Waals surface area (Å²) >= 11 is 0. The van der Waals surface area contributed by atoms with E-state index in [9.17, 15) is 0 Å². The fraction of sp³-hybridized carbons (Fsp3) is 0.250. The Labute approximate surface area is 50.9 Å². The molecule has 0 amide bonds. The minimum atomic E-state index is 1.82. The zero-order chi connectivity index (χ0) is 6.24. The van der Waals surface area contributed by atoms with Gasteiger partial charge in [-0.1, -0.05) is 24.0 Å². The molecule has 0 heteroatoms. The van der Waals surface area contributed by atoms with Crippen molar-refractivity contribution in [3.8, 4) is 11.8 Å². The second-order valence-corrected chi connectivity index (χ2v) is 1.29. The molecule has 0 fully saturated rings. The van der Waals surface area contributed by atoms with Crippen molar-refractivity contribution < 1.29 is 0 Å². The minimum Gasteiger partial charge on any atom is -0.0793 e. The van der Waals surface area contributed by atoms with E-state index in [-0.39, 0.29) is 0 Å². The van der Waals surface area contributed by atoms with Gasteiger partial charge in [-0.25, -0.2) is 0 Å². The zero-order valence-corrected chi connectivity index (χ0v) is 5.31. The van der Waals surface area contributed by atoms with Gasteiger partial charge in [-0.15, -0.1) is 0 Å². The number of rotatable bonds is 0. The highest BCUT2D eigenvalue weighted by molar-refractivity contribution is 5.22. The van der Waals surface area contributed by atoms with Crippen molar-refractivity contribution in [1.82, 2.24) is 0 Å². The quantitative estimate of drug-likeness (QED) is 0.415. The van der Waals surface area contributed by atoms with Gasteiger partial charge in [0.1, 0.15) is 0 Å². The summed E-state index contributed by atoms with van der Waals surface area (Å²) in [4.78, 5) is 0. The highest BCUT2D eigenvalue weighted by Crippen LogP contribution is 1.67. The molecule has 0 bridgehead atoms. The van der Waals surface area contributed by atoms with Crippen molar-refractivity contribution in [2.45, 2.75) is 13.8 Å². The van der Waals surface area contributed by atoms with Crippen LogP contribution < -0.4 is 0 Å². The van der Waals surface area contributed by atoms with E-state index < -0.39 is 0 Å². The van der Waals surface area contributed by atoms with Crippen LogP contribution in [-0.4, -0.2) is 0 Å². The van der Waals surface area contributed by atoms with Gasteiger partial charge in [0.2, 0.25) is 0 Å². The van der Waals surface area contributed by atoms with Crippen LogP contribution in [0.2, 0.25) is 0 Å². The van der Waals surface area contributed by atoms with Crippen LogP contribution in [0.15, 0.2) is 24.3 Å². The summed E-state index contributed by atoms with van der Waals surface area (Å²) in [7, 11) is 0. The third kappa shape index (κ3) is 5.04. The van der Waals surface area contributed by atoms with Crippen molar-refractivity contribution >= 4 is 0 Å². The molecule has 0 atom stereocenters. The Kier molecular flexibility index (Phi) is 5.32. The second-order valence-electron chi connectivity index (χ2n) is 1.29. The summed E-state index contributed by atoms with van der Waals surface area (Å²) in [5, 5.41) is 0. The molecule has 0 saturated carbocycles. The molecule has 8 heavy (non-hydrogen) atoms. The molecule has 0 unspecified atom stereocenters.